The number of nitrogens with zero attached hydrogens (tertiary/aromatic N) is 5. The largest absolute Gasteiger partial charge is 0.494 e. The van der Waals surface area contributed by atoms with Gasteiger partial charge in [0.05, 0.1) is 41.6 Å². The first-order chi connectivity index (χ1) is 19.0. The number of carbonyl (C=O) groups excluding carboxylic acids is 1. The van der Waals surface area contributed by atoms with E-state index in [1.807, 2.05) is 48.3 Å². The molecule has 1 aliphatic heterocycles. The summed E-state index contributed by atoms with van der Waals surface area (Å²) < 4.78 is 7.59. The summed E-state index contributed by atoms with van der Waals surface area (Å²) >= 11 is 0. The van der Waals surface area contributed by atoms with Gasteiger partial charge in [0.2, 0.25) is 5.91 Å². The molecule has 0 bridgehead atoms. The quantitative estimate of drug-likeness (QED) is 0.272. The van der Waals surface area contributed by atoms with Gasteiger partial charge in [0.1, 0.15) is 17.9 Å². The number of aryl methyl sites for hydroxylation is 1. The Labute approximate surface area is 227 Å². The van der Waals surface area contributed by atoms with Crippen LogP contribution in [-0.2, 0) is 11.8 Å². The maximum absolute atomic E-state index is 12.3. The number of carbonyl (C=O) groups is 1. The lowest BCUT2D eigenvalue weighted by Crippen LogP contribution is -2.34. The number of aliphatic hydroxyl groups is 1. The van der Waals surface area contributed by atoms with Crippen LogP contribution < -0.4 is 20.3 Å². The Kier molecular flexibility index (Phi) is 7.74. The van der Waals surface area contributed by atoms with Crippen LogP contribution in [0.3, 0.4) is 0 Å². The maximum Gasteiger partial charge on any atom is 0.247 e. The summed E-state index contributed by atoms with van der Waals surface area (Å²) in [7, 11) is 3.53. The molecule has 1 saturated heterocycles. The van der Waals surface area contributed by atoms with Crippen molar-refractivity contribution in [3.05, 3.63) is 61.6 Å². The minimum atomic E-state index is -0.294. The van der Waals surface area contributed by atoms with E-state index in [4.69, 9.17) is 4.74 Å². The van der Waals surface area contributed by atoms with Gasteiger partial charge in [-0.15, -0.1) is 0 Å². The fourth-order valence-electron chi connectivity index (χ4n) is 5.07. The van der Waals surface area contributed by atoms with Crippen LogP contribution in [-0.4, -0.2) is 57.6 Å². The number of methoxy groups -OCH3 is 1. The van der Waals surface area contributed by atoms with Crippen molar-refractivity contribution in [2.45, 2.75) is 19.3 Å². The van der Waals surface area contributed by atoms with Crippen molar-refractivity contribution in [2.24, 2.45) is 13.0 Å². The number of aromatic nitrogens is 4. The highest BCUT2D eigenvalue weighted by molar-refractivity contribution is 6.02. The van der Waals surface area contributed by atoms with Crippen molar-refractivity contribution in [3.63, 3.8) is 0 Å². The SMILES string of the molecule is C=CC(=O)Nc1cc(Nc2cc(-c3ccc4c(cnn4C)c3)ncn2)c(OC)cc1N1CCC(CCO)CC1. The Hall–Kier alpha value is -4.44. The van der Waals surface area contributed by atoms with Crippen LogP contribution >= 0.6 is 0 Å². The van der Waals surface area contributed by atoms with Gasteiger partial charge in [-0.1, -0.05) is 12.6 Å². The van der Waals surface area contributed by atoms with Gasteiger partial charge >= 0.3 is 0 Å². The monoisotopic (exact) mass is 527 g/mol. The van der Waals surface area contributed by atoms with Crippen LogP contribution in [0, 0.1) is 5.92 Å². The molecule has 2 aromatic heterocycles. The third-order valence-electron chi connectivity index (χ3n) is 7.23. The number of fused-ring (bicyclic) bond motifs is 1. The van der Waals surface area contributed by atoms with E-state index in [0.717, 1.165) is 60.2 Å². The lowest BCUT2D eigenvalue weighted by atomic mass is 9.93. The average Bonchev–Trinajstić information content (AvgIpc) is 3.33. The molecule has 3 heterocycles. The van der Waals surface area contributed by atoms with Crippen molar-refractivity contribution < 1.29 is 14.6 Å². The summed E-state index contributed by atoms with van der Waals surface area (Å²) in [5, 5.41) is 21.0. The Balaban J connectivity index is 1.45. The summed E-state index contributed by atoms with van der Waals surface area (Å²) in [6.07, 6.45) is 7.38. The molecule has 0 spiro atoms. The summed E-state index contributed by atoms with van der Waals surface area (Å²) in [6.45, 7) is 5.47. The normalized spacial score (nSPS) is 13.9. The first-order valence-corrected chi connectivity index (χ1v) is 13.0. The van der Waals surface area contributed by atoms with Gasteiger partial charge in [0, 0.05) is 49.8 Å². The summed E-state index contributed by atoms with van der Waals surface area (Å²) in [4.78, 5) is 23.5. The third-order valence-corrected chi connectivity index (χ3v) is 7.23. The molecule has 2 aromatic carbocycles. The highest BCUT2D eigenvalue weighted by Gasteiger charge is 2.23. The predicted octanol–water partition coefficient (Wildman–Crippen LogP) is 4.51. The molecule has 10 heteroatoms. The van der Waals surface area contributed by atoms with Crippen molar-refractivity contribution in [1.29, 1.82) is 0 Å². The number of ether oxygens (including phenoxy) is 1. The fraction of sp³-hybridized carbons (Fsp3) is 0.310. The molecule has 1 aliphatic rings. The van der Waals surface area contributed by atoms with Crippen LogP contribution in [0.25, 0.3) is 22.2 Å². The topological polar surface area (TPSA) is 117 Å². The second-order valence-electron chi connectivity index (χ2n) is 9.66. The Morgan fingerprint density at radius 2 is 2.00 bits per heavy atom. The predicted molar refractivity (Wildman–Crippen MR) is 153 cm³/mol. The van der Waals surface area contributed by atoms with Crippen LogP contribution in [0.4, 0.5) is 22.9 Å². The van der Waals surface area contributed by atoms with Crippen molar-refractivity contribution in [2.75, 3.05) is 42.3 Å². The van der Waals surface area contributed by atoms with Crippen LogP contribution in [0.5, 0.6) is 5.75 Å². The highest BCUT2D eigenvalue weighted by atomic mass is 16.5. The van der Waals surface area contributed by atoms with E-state index in [1.54, 1.807) is 7.11 Å². The maximum atomic E-state index is 12.3. The molecule has 0 unspecified atom stereocenters. The number of amides is 1. The molecule has 202 valence electrons. The first kappa shape index (κ1) is 26.2. The standard InChI is InChI=1S/C29H33N7O3/c1-4-29(38)34-23-14-24(27(39-3)16-26(23)36-10-7-19(8-11-36)9-12-37)33-28-15-22(30-18-31-28)20-5-6-25-21(13-20)17-32-35(25)2/h4-6,13-19,37H,1,7-12H2,2-3H3,(H,34,38)(H,30,31,33). The summed E-state index contributed by atoms with van der Waals surface area (Å²) in [5.41, 5.74) is 4.95. The molecule has 0 saturated carbocycles. The lowest BCUT2D eigenvalue weighted by molar-refractivity contribution is -0.111. The smallest absolute Gasteiger partial charge is 0.247 e. The molecule has 0 atom stereocenters. The van der Waals surface area contributed by atoms with E-state index in [9.17, 15) is 9.90 Å². The summed E-state index contributed by atoms with van der Waals surface area (Å²) in [6, 6.07) is 11.8. The molecular weight excluding hydrogens is 494 g/mol. The minimum Gasteiger partial charge on any atom is -0.494 e. The second-order valence-corrected chi connectivity index (χ2v) is 9.66. The molecular formula is C29H33N7O3. The van der Waals surface area contributed by atoms with E-state index in [1.165, 1.54) is 12.4 Å². The van der Waals surface area contributed by atoms with Gasteiger partial charge in [-0.05, 0) is 49.5 Å². The zero-order chi connectivity index (χ0) is 27.4. The van der Waals surface area contributed by atoms with Crippen LogP contribution in [0.1, 0.15) is 19.3 Å². The Morgan fingerprint density at radius 3 is 2.74 bits per heavy atom. The van der Waals surface area contributed by atoms with Gasteiger partial charge in [0.25, 0.3) is 0 Å². The molecule has 5 rings (SSSR count). The number of nitrogens with one attached hydrogen (secondary N) is 2. The van der Waals surface area contributed by atoms with E-state index in [-0.39, 0.29) is 12.5 Å². The number of rotatable bonds is 9. The Morgan fingerprint density at radius 1 is 1.18 bits per heavy atom. The van der Waals surface area contributed by atoms with Crippen LogP contribution in [0.2, 0.25) is 0 Å². The van der Waals surface area contributed by atoms with Crippen molar-refractivity contribution in [1.82, 2.24) is 19.7 Å². The third kappa shape index (κ3) is 5.70. The molecule has 39 heavy (non-hydrogen) atoms. The van der Waals surface area contributed by atoms with Crippen molar-refractivity contribution in [3.8, 4) is 17.0 Å². The fourth-order valence-corrected chi connectivity index (χ4v) is 5.07. The second kappa shape index (κ2) is 11.5. The van der Waals surface area contributed by atoms with Gasteiger partial charge in [-0.3, -0.25) is 9.48 Å². The number of aliphatic hydroxyl groups excluding tert-OH is 1. The minimum absolute atomic E-state index is 0.211. The number of hydrogen-bond donors (Lipinski definition) is 3. The first-order valence-electron chi connectivity index (χ1n) is 13.0. The van der Waals surface area contributed by atoms with Crippen LogP contribution in [0.15, 0.2) is 61.6 Å². The Bertz CT molecular complexity index is 1490. The average molecular weight is 528 g/mol. The molecule has 0 aliphatic carbocycles. The molecule has 10 nitrogen and oxygen atoms in total. The molecule has 3 N–H and O–H groups in total. The lowest BCUT2D eigenvalue weighted by Gasteiger charge is -2.35. The molecule has 1 fully saturated rings. The van der Waals surface area contributed by atoms with Gasteiger partial charge in [-0.2, -0.15) is 5.10 Å². The van der Waals surface area contributed by atoms with E-state index in [2.05, 4.69) is 43.2 Å². The van der Waals surface area contributed by atoms with Gasteiger partial charge < -0.3 is 25.4 Å². The van der Waals surface area contributed by atoms with E-state index in [0.29, 0.717) is 28.9 Å². The zero-order valence-corrected chi connectivity index (χ0v) is 22.2. The van der Waals surface area contributed by atoms with Crippen molar-refractivity contribution >= 4 is 39.7 Å². The molecule has 0 radical (unpaired) electrons. The number of hydrogen-bond acceptors (Lipinski definition) is 8. The molecule has 1 amide bonds. The van der Waals surface area contributed by atoms with E-state index >= 15 is 0 Å². The zero-order valence-electron chi connectivity index (χ0n) is 22.2. The number of piperidine rings is 1. The highest BCUT2D eigenvalue weighted by Crippen LogP contribution is 2.40. The van der Waals surface area contributed by atoms with Gasteiger partial charge in [0.15, 0.2) is 0 Å². The summed E-state index contributed by atoms with van der Waals surface area (Å²) in [5.74, 6) is 1.42. The molecule has 4 aromatic rings. The number of benzene rings is 2. The van der Waals surface area contributed by atoms with Gasteiger partial charge in [-0.25, -0.2) is 9.97 Å². The van der Waals surface area contributed by atoms with E-state index < -0.39 is 0 Å². The number of anilines is 4.